The SMILES string of the molecule is N#C/C(=C/c1ccc(CNS(=O)(=O)c2ccccc2)o1)C(=O)NCc1ccccc1. The number of carbonyl (C=O) groups is 1. The average Bonchev–Trinajstić information content (AvgIpc) is 3.23. The summed E-state index contributed by atoms with van der Waals surface area (Å²) in [6.45, 7) is 0.233. The first kappa shape index (κ1) is 21.0. The number of nitrogens with zero attached hydrogens (tertiary/aromatic N) is 1. The van der Waals surface area contributed by atoms with Crippen LogP contribution >= 0.6 is 0 Å². The summed E-state index contributed by atoms with van der Waals surface area (Å²) in [6.07, 6.45) is 1.32. The van der Waals surface area contributed by atoms with Gasteiger partial charge in [-0.2, -0.15) is 5.26 Å². The minimum Gasteiger partial charge on any atom is -0.460 e. The molecule has 0 aliphatic carbocycles. The second kappa shape index (κ2) is 9.69. The lowest BCUT2D eigenvalue weighted by molar-refractivity contribution is -0.117. The second-order valence-corrected chi connectivity index (χ2v) is 8.05. The van der Waals surface area contributed by atoms with Crippen molar-refractivity contribution in [1.29, 1.82) is 5.26 Å². The van der Waals surface area contributed by atoms with Crippen LogP contribution in [0.3, 0.4) is 0 Å². The second-order valence-electron chi connectivity index (χ2n) is 6.28. The molecule has 0 aliphatic heterocycles. The van der Waals surface area contributed by atoms with Gasteiger partial charge in [0.25, 0.3) is 5.91 Å². The number of carbonyl (C=O) groups excluding carboxylic acids is 1. The smallest absolute Gasteiger partial charge is 0.262 e. The first-order valence-electron chi connectivity index (χ1n) is 9.05. The van der Waals surface area contributed by atoms with Crippen molar-refractivity contribution in [1.82, 2.24) is 10.0 Å². The molecule has 1 heterocycles. The maximum Gasteiger partial charge on any atom is 0.262 e. The van der Waals surface area contributed by atoms with Crippen molar-refractivity contribution in [2.75, 3.05) is 0 Å². The van der Waals surface area contributed by atoms with E-state index in [-0.39, 0.29) is 22.8 Å². The molecule has 2 N–H and O–H groups in total. The van der Waals surface area contributed by atoms with E-state index in [4.69, 9.17) is 4.42 Å². The number of rotatable bonds is 8. The third kappa shape index (κ3) is 5.67. The number of amides is 1. The molecule has 0 bridgehead atoms. The van der Waals surface area contributed by atoms with Crippen molar-refractivity contribution in [2.24, 2.45) is 0 Å². The largest absolute Gasteiger partial charge is 0.460 e. The highest BCUT2D eigenvalue weighted by Gasteiger charge is 2.14. The molecule has 7 nitrogen and oxygen atoms in total. The van der Waals surface area contributed by atoms with Gasteiger partial charge in [-0.05, 0) is 29.8 Å². The van der Waals surface area contributed by atoms with Gasteiger partial charge in [0.15, 0.2) is 0 Å². The molecule has 3 aromatic rings. The summed E-state index contributed by atoms with van der Waals surface area (Å²) in [4.78, 5) is 12.4. The number of nitrogens with one attached hydrogen (secondary N) is 2. The highest BCUT2D eigenvalue weighted by Crippen LogP contribution is 2.14. The molecule has 0 unspecified atom stereocenters. The lowest BCUT2D eigenvalue weighted by Gasteiger charge is -2.05. The molecule has 0 spiro atoms. The summed E-state index contributed by atoms with van der Waals surface area (Å²) >= 11 is 0. The summed E-state index contributed by atoms with van der Waals surface area (Å²) in [5.41, 5.74) is 0.797. The van der Waals surface area contributed by atoms with E-state index in [0.29, 0.717) is 12.3 Å². The van der Waals surface area contributed by atoms with E-state index < -0.39 is 15.9 Å². The number of benzene rings is 2. The molecule has 0 fully saturated rings. The Bertz CT molecular complexity index is 1180. The quantitative estimate of drug-likeness (QED) is 0.429. The fraction of sp³-hybridized carbons (Fsp3) is 0.0909. The molecule has 0 aliphatic rings. The number of furan rings is 1. The molecule has 0 radical (unpaired) electrons. The van der Waals surface area contributed by atoms with E-state index in [1.165, 1.54) is 18.2 Å². The van der Waals surface area contributed by atoms with Gasteiger partial charge in [-0.15, -0.1) is 0 Å². The zero-order valence-corrected chi connectivity index (χ0v) is 16.7. The molecule has 0 saturated heterocycles. The normalized spacial score (nSPS) is 11.6. The Morgan fingerprint density at radius 3 is 2.30 bits per heavy atom. The topological polar surface area (TPSA) is 112 Å². The van der Waals surface area contributed by atoms with Crippen LogP contribution in [0.2, 0.25) is 0 Å². The van der Waals surface area contributed by atoms with Crippen LogP contribution in [0.4, 0.5) is 0 Å². The van der Waals surface area contributed by atoms with Crippen molar-refractivity contribution in [3.8, 4) is 6.07 Å². The van der Waals surface area contributed by atoms with Crippen LogP contribution in [-0.4, -0.2) is 14.3 Å². The van der Waals surface area contributed by atoms with Crippen molar-refractivity contribution in [3.05, 3.63) is 95.5 Å². The lowest BCUT2D eigenvalue weighted by atomic mass is 10.2. The van der Waals surface area contributed by atoms with E-state index in [9.17, 15) is 18.5 Å². The molecule has 8 heteroatoms. The molecule has 1 aromatic heterocycles. The molecule has 2 aromatic carbocycles. The molecular formula is C22H19N3O4S. The monoisotopic (exact) mass is 421 g/mol. The third-order valence-electron chi connectivity index (χ3n) is 4.12. The molecule has 0 saturated carbocycles. The fourth-order valence-electron chi connectivity index (χ4n) is 2.58. The molecule has 30 heavy (non-hydrogen) atoms. The van der Waals surface area contributed by atoms with E-state index in [0.717, 1.165) is 5.56 Å². The molecular weight excluding hydrogens is 402 g/mol. The van der Waals surface area contributed by atoms with Gasteiger partial charge in [-0.25, -0.2) is 13.1 Å². The zero-order valence-electron chi connectivity index (χ0n) is 15.9. The Morgan fingerprint density at radius 2 is 1.63 bits per heavy atom. The maximum absolute atomic E-state index is 12.3. The van der Waals surface area contributed by atoms with E-state index in [1.807, 2.05) is 36.4 Å². The molecule has 152 valence electrons. The van der Waals surface area contributed by atoms with Crippen LogP contribution in [0.5, 0.6) is 0 Å². The number of hydrogen-bond donors (Lipinski definition) is 2. The average molecular weight is 421 g/mol. The van der Waals surface area contributed by atoms with E-state index in [1.54, 1.807) is 30.3 Å². The Kier molecular flexibility index (Phi) is 6.80. The first-order chi connectivity index (χ1) is 14.5. The molecule has 1 amide bonds. The van der Waals surface area contributed by atoms with Gasteiger partial charge in [0.05, 0.1) is 11.4 Å². The fourth-order valence-corrected chi connectivity index (χ4v) is 3.59. The van der Waals surface area contributed by atoms with Crippen LogP contribution in [0, 0.1) is 11.3 Å². The van der Waals surface area contributed by atoms with Gasteiger partial charge in [0.2, 0.25) is 10.0 Å². The highest BCUT2D eigenvalue weighted by atomic mass is 32.2. The zero-order chi connectivity index (χ0) is 21.4. The Morgan fingerprint density at radius 1 is 0.967 bits per heavy atom. The van der Waals surface area contributed by atoms with Crippen LogP contribution in [0.15, 0.2) is 87.7 Å². The summed E-state index contributed by atoms with van der Waals surface area (Å²) in [5, 5.41) is 12.0. The van der Waals surface area contributed by atoms with Crippen molar-refractivity contribution >= 4 is 22.0 Å². The van der Waals surface area contributed by atoms with Crippen LogP contribution in [0.1, 0.15) is 17.1 Å². The summed E-state index contributed by atoms with van der Waals surface area (Å²) < 4.78 is 32.5. The van der Waals surface area contributed by atoms with Crippen molar-refractivity contribution in [3.63, 3.8) is 0 Å². The third-order valence-corrected chi connectivity index (χ3v) is 5.54. The summed E-state index contributed by atoms with van der Waals surface area (Å²) in [5.74, 6) is 0.0992. The lowest BCUT2D eigenvalue weighted by Crippen LogP contribution is -2.23. The minimum atomic E-state index is -3.67. The predicted molar refractivity (Wildman–Crippen MR) is 111 cm³/mol. The molecule has 3 rings (SSSR count). The summed E-state index contributed by atoms with van der Waals surface area (Å²) in [6, 6.07) is 22.3. The van der Waals surface area contributed by atoms with Crippen molar-refractivity contribution in [2.45, 2.75) is 18.0 Å². The standard InChI is InChI=1S/C22H19N3O4S/c23-14-18(22(26)24-15-17-7-3-1-4-8-17)13-19-11-12-20(29-19)16-25-30(27,28)21-9-5-2-6-10-21/h1-13,25H,15-16H2,(H,24,26)/b18-13-. The number of nitriles is 1. The van der Waals surface area contributed by atoms with Gasteiger partial charge in [0, 0.05) is 12.6 Å². The summed E-state index contributed by atoms with van der Waals surface area (Å²) in [7, 11) is -3.67. The Balaban J connectivity index is 1.62. The predicted octanol–water partition coefficient (Wildman–Crippen LogP) is 2.98. The van der Waals surface area contributed by atoms with Gasteiger partial charge in [0.1, 0.15) is 23.2 Å². The Labute approximate surface area is 174 Å². The van der Waals surface area contributed by atoms with Gasteiger partial charge >= 0.3 is 0 Å². The van der Waals surface area contributed by atoms with Crippen LogP contribution in [-0.2, 0) is 27.9 Å². The minimum absolute atomic E-state index is 0.0623. The van der Waals surface area contributed by atoms with Gasteiger partial charge < -0.3 is 9.73 Å². The van der Waals surface area contributed by atoms with Crippen molar-refractivity contribution < 1.29 is 17.6 Å². The molecule has 0 atom stereocenters. The van der Waals surface area contributed by atoms with Gasteiger partial charge in [-0.3, -0.25) is 4.79 Å². The number of hydrogen-bond acceptors (Lipinski definition) is 5. The van der Waals surface area contributed by atoms with Gasteiger partial charge in [-0.1, -0.05) is 48.5 Å². The maximum atomic E-state index is 12.3. The first-order valence-corrected chi connectivity index (χ1v) is 10.5. The van der Waals surface area contributed by atoms with E-state index >= 15 is 0 Å². The highest BCUT2D eigenvalue weighted by molar-refractivity contribution is 7.89. The van der Waals surface area contributed by atoms with Crippen LogP contribution < -0.4 is 10.0 Å². The van der Waals surface area contributed by atoms with Crippen LogP contribution in [0.25, 0.3) is 6.08 Å². The Hall–Kier alpha value is -3.67. The van der Waals surface area contributed by atoms with E-state index in [2.05, 4.69) is 10.0 Å². The number of sulfonamides is 1.